The van der Waals surface area contributed by atoms with Crippen molar-refractivity contribution in [3.8, 4) is 0 Å². The van der Waals surface area contributed by atoms with Crippen molar-refractivity contribution >= 4 is 23.2 Å². The van der Waals surface area contributed by atoms with E-state index in [1.165, 1.54) is 0 Å². The minimum Gasteiger partial charge on any atom is -0.329 e. The Bertz CT molecular complexity index is 396. The number of hydrogen-bond donors (Lipinski definition) is 1. The van der Waals surface area contributed by atoms with Gasteiger partial charge in [0.05, 0.1) is 10.0 Å². The van der Waals surface area contributed by atoms with Gasteiger partial charge >= 0.3 is 0 Å². The Morgan fingerprint density at radius 1 is 1.26 bits per heavy atom. The molecule has 1 rings (SSSR count). The third-order valence-electron chi connectivity index (χ3n) is 3.65. The number of nitrogens with two attached hydrogens (primary N) is 1. The van der Waals surface area contributed by atoms with Crippen molar-refractivity contribution in [1.29, 1.82) is 0 Å². The molecule has 0 amide bonds. The predicted molar refractivity (Wildman–Crippen MR) is 85.0 cm³/mol. The first-order valence-corrected chi connectivity index (χ1v) is 7.68. The highest BCUT2D eigenvalue weighted by atomic mass is 35.5. The third kappa shape index (κ3) is 4.35. The summed E-state index contributed by atoms with van der Waals surface area (Å²) in [5.41, 5.74) is 7.00. The van der Waals surface area contributed by atoms with Gasteiger partial charge in [-0.25, -0.2) is 0 Å². The first-order chi connectivity index (χ1) is 9.04. The largest absolute Gasteiger partial charge is 0.329 e. The zero-order valence-electron chi connectivity index (χ0n) is 12.0. The van der Waals surface area contributed by atoms with E-state index in [9.17, 15) is 0 Å². The molecule has 1 aromatic rings. The van der Waals surface area contributed by atoms with Crippen LogP contribution in [0.4, 0.5) is 0 Å². The van der Waals surface area contributed by atoms with Crippen LogP contribution in [0.15, 0.2) is 18.2 Å². The lowest BCUT2D eigenvalue weighted by atomic mass is 10.0. The molecule has 0 aliphatic rings. The minimum absolute atomic E-state index is 0.130. The molecule has 2 nitrogen and oxygen atoms in total. The van der Waals surface area contributed by atoms with Gasteiger partial charge in [-0.1, -0.05) is 62.5 Å². The van der Waals surface area contributed by atoms with Crippen LogP contribution in [-0.4, -0.2) is 24.5 Å². The Kier molecular flexibility index (Phi) is 7.16. The number of nitrogens with zero attached hydrogens (tertiary/aromatic N) is 1. The van der Waals surface area contributed by atoms with Crippen LogP contribution >= 0.6 is 23.2 Å². The molecule has 0 saturated heterocycles. The van der Waals surface area contributed by atoms with Gasteiger partial charge in [-0.15, -0.1) is 0 Å². The molecule has 2 N–H and O–H groups in total. The van der Waals surface area contributed by atoms with E-state index >= 15 is 0 Å². The Labute approximate surface area is 126 Å². The maximum Gasteiger partial charge on any atom is 0.0640 e. The van der Waals surface area contributed by atoms with E-state index < -0.39 is 0 Å². The summed E-state index contributed by atoms with van der Waals surface area (Å²) in [5, 5.41) is 1.22. The smallest absolute Gasteiger partial charge is 0.0640 e. The van der Waals surface area contributed by atoms with Gasteiger partial charge in [-0.05, 0) is 24.1 Å². The number of hydrogen-bond acceptors (Lipinski definition) is 2. The molecule has 0 saturated carbocycles. The second-order valence-electron chi connectivity index (χ2n) is 5.00. The summed E-state index contributed by atoms with van der Waals surface area (Å²) in [6, 6.07) is 5.89. The molecule has 0 bridgehead atoms. The van der Waals surface area contributed by atoms with Crippen molar-refractivity contribution in [1.82, 2.24) is 4.90 Å². The summed E-state index contributed by atoms with van der Waals surface area (Å²) in [6.45, 7) is 9.15. The van der Waals surface area contributed by atoms with Gasteiger partial charge in [0, 0.05) is 19.1 Å². The molecular weight excluding hydrogens is 279 g/mol. The SMILES string of the molecule is CCC(C)CN(CC)C(CN)c1cccc(Cl)c1Cl. The lowest BCUT2D eigenvalue weighted by Gasteiger charge is -2.32. The van der Waals surface area contributed by atoms with E-state index in [2.05, 4.69) is 25.7 Å². The Morgan fingerprint density at radius 3 is 2.47 bits per heavy atom. The van der Waals surface area contributed by atoms with E-state index in [1.54, 1.807) is 0 Å². The van der Waals surface area contributed by atoms with Crippen LogP contribution in [-0.2, 0) is 0 Å². The topological polar surface area (TPSA) is 29.3 Å². The van der Waals surface area contributed by atoms with Crippen molar-refractivity contribution in [2.45, 2.75) is 33.2 Å². The molecule has 108 valence electrons. The summed E-state index contributed by atoms with van der Waals surface area (Å²) in [4.78, 5) is 2.38. The first kappa shape index (κ1) is 16.8. The first-order valence-electron chi connectivity index (χ1n) is 6.93. The summed E-state index contributed by atoms with van der Waals surface area (Å²) >= 11 is 12.4. The maximum absolute atomic E-state index is 6.32. The molecular formula is C15H24Cl2N2. The van der Waals surface area contributed by atoms with Crippen molar-refractivity contribution in [3.63, 3.8) is 0 Å². The molecule has 2 unspecified atom stereocenters. The number of rotatable bonds is 7. The standard InChI is InChI=1S/C15H24Cl2N2/c1-4-11(3)10-19(5-2)14(9-18)12-7-6-8-13(16)15(12)17/h6-8,11,14H,4-5,9-10,18H2,1-3H3. The molecule has 0 heterocycles. The highest BCUT2D eigenvalue weighted by Crippen LogP contribution is 2.32. The molecule has 0 aromatic heterocycles. The van der Waals surface area contributed by atoms with Crippen LogP contribution < -0.4 is 5.73 Å². The molecule has 4 heteroatoms. The van der Waals surface area contributed by atoms with E-state index in [0.29, 0.717) is 22.5 Å². The van der Waals surface area contributed by atoms with Crippen LogP contribution in [0.2, 0.25) is 10.0 Å². The van der Waals surface area contributed by atoms with E-state index in [4.69, 9.17) is 28.9 Å². The minimum atomic E-state index is 0.130. The molecule has 0 aliphatic carbocycles. The predicted octanol–water partition coefficient (Wildman–Crippen LogP) is 4.36. The summed E-state index contributed by atoms with van der Waals surface area (Å²) in [6.07, 6.45) is 1.16. The molecule has 0 spiro atoms. The van der Waals surface area contributed by atoms with Crippen LogP contribution in [0.3, 0.4) is 0 Å². The Balaban J connectivity index is 3.00. The number of benzene rings is 1. The zero-order valence-corrected chi connectivity index (χ0v) is 13.5. The average molecular weight is 303 g/mol. The van der Waals surface area contributed by atoms with E-state index in [1.807, 2.05) is 18.2 Å². The lowest BCUT2D eigenvalue weighted by Crippen LogP contribution is -2.36. The van der Waals surface area contributed by atoms with Gasteiger partial charge in [-0.3, -0.25) is 4.90 Å². The molecule has 2 atom stereocenters. The van der Waals surface area contributed by atoms with Crippen LogP contribution in [0.1, 0.15) is 38.8 Å². The van der Waals surface area contributed by atoms with Gasteiger partial charge in [-0.2, -0.15) is 0 Å². The normalized spacial score (nSPS) is 14.7. The van der Waals surface area contributed by atoms with E-state index in [0.717, 1.165) is 25.1 Å². The molecule has 0 radical (unpaired) electrons. The molecule has 0 aliphatic heterocycles. The van der Waals surface area contributed by atoms with Crippen LogP contribution in [0.25, 0.3) is 0 Å². The highest BCUT2D eigenvalue weighted by Gasteiger charge is 2.22. The monoisotopic (exact) mass is 302 g/mol. The van der Waals surface area contributed by atoms with Crippen LogP contribution in [0.5, 0.6) is 0 Å². The Morgan fingerprint density at radius 2 is 1.95 bits per heavy atom. The van der Waals surface area contributed by atoms with Gasteiger partial charge in [0.2, 0.25) is 0 Å². The lowest BCUT2D eigenvalue weighted by molar-refractivity contribution is 0.182. The summed E-state index contributed by atoms with van der Waals surface area (Å²) in [7, 11) is 0. The fraction of sp³-hybridized carbons (Fsp3) is 0.600. The van der Waals surface area contributed by atoms with Crippen molar-refractivity contribution in [3.05, 3.63) is 33.8 Å². The van der Waals surface area contributed by atoms with Crippen molar-refractivity contribution in [2.75, 3.05) is 19.6 Å². The average Bonchev–Trinajstić information content (AvgIpc) is 2.42. The molecule has 1 aromatic carbocycles. The quantitative estimate of drug-likeness (QED) is 0.811. The number of halogens is 2. The summed E-state index contributed by atoms with van der Waals surface area (Å²) in [5.74, 6) is 0.645. The summed E-state index contributed by atoms with van der Waals surface area (Å²) < 4.78 is 0. The van der Waals surface area contributed by atoms with Gasteiger partial charge in [0.15, 0.2) is 0 Å². The zero-order chi connectivity index (χ0) is 14.4. The maximum atomic E-state index is 6.32. The third-order valence-corrected chi connectivity index (χ3v) is 4.49. The molecule has 0 fully saturated rings. The number of likely N-dealkylation sites (N-methyl/N-ethyl adjacent to an activating group) is 1. The second kappa shape index (κ2) is 8.11. The van der Waals surface area contributed by atoms with E-state index in [-0.39, 0.29) is 6.04 Å². The highest BCUT2D eigenvalue weighted by molar-refractivity contribution is 6.42. The van der Waals surface area contributed by atoms with Crippen molar-refractivity contribution in [2.24, 2.45) is 11.7 Å². The second-order valence-corrected chi connectivity index (χ2v) is 5.78. The van der Waals surface area contributed by atoms with Crippen molar-refractivity contribution < 1.29 is 0 Å². The van der Waals surface area contributed by atoms with Gasteiger partial charge in [0.1, 0.15) is 0 Å². The fourth-order valence-electron chi connectivity index (χ4n) is 2.26. The van der Waals surface area contributed by atoms with Gasteiger partial charge in [0.25, 0.3) is 0 Å². The van der Waals surface area contributed by atoms with Crippen LogP contribution in [0, 0.1) is 5.92 Å². The van der Waals surface area contributed by atoms with Gasteiger partial charge < -0.3 is 5.73 Å². The molecule has 19 heavy (non-hydrogen) atoms. The fourth-order valence-corrected chi connectivity index (χ4v) is 2.69. The Hall–Kier alpha value is -0.280.